The Morgan fingerprint density at radius 1 is 1.08 bits per heavy atom. The highest BCUT2D eigenvalue weighted by atomic mass is 35.5. The number of ether oxygens (including phenoxy) is 2. The van der Waals surface area contributed by atoms with Crippen LogP contribution in [0, 0.1) is 0 Å². The molecule has 6 rings (SSSR count). The fourth-order valence-corrected chi connectivity index (χ4v) is 6.32. The summed E-state index contributed by atoms with van der Waals surface area (Å²) in [4.78, 5) is 41.9. The van der Waals surface area contributed by atoms with Gasteiger partial charge in [-0.25, -0.2) is 9.97 Å². The summed E-state index contributed by atoms with van der Waals surface area (Å²) in [6.07, 6.45) is -1.43. The Bertz CT molecular complexity index is 1810. The molecule has 4 N–H and O–H groups in total. The van der Waals surface area contributed by atoms with Crippen LogP contribution in [0.3, 0.4) is 0 Å². The summed E-state index contributed by atoms with van der Waals surface area (Å²) >= 11 is 6.51. The van der Waals surface area contributed by atoms with Crippen molar-refractivity contribution < 1.29 is 32.2 Å². The molecule has 0 bridgehead atoms. The van der Waals surface area contributed by atoms with Crippen LogP contribution in [0.4, 0.5) is 24.7 Å². The van der Waals surface area contributed by atoms with E-state index in [0.717, 1.165) is 38.1 Å². The third-order valence-corrected chi connectivity index (χ3v) is 8.96. The highest BCUT2D eigenvalue weighted by molar-refractivity contribution is 6.34. The average Bonchev–Trinajstić information content (AvgIpc) is 3.78. The Labute approximate surface area is 291 Å². The van der Waals surface area contributed by atoms with E-state index in [-0.39, 0.29) is 46.4 Å². The monoisotopic (exact) mass is 712 g/mol. The number of likely N-dealkylation sites (N-methyl/N-ethyl adjacent to an activating group) is 1. The first-order valence-electron chi connectivity index (χ1n) is 16.0. The Balaban J connectivity index is 1.21. The van der Waals surface area contributed by atoms with Gasteiger partial charge in [-0.05, 0) is 30.8 Å². The van der Waals surface area contributed by atoms with E-state index in [1.54, 1.807) is 61.7 Å². The second kappa shape index (κ2) is 15.0. The maximum atomic E-state index is 13.6. The number of aromatic nitrogens is 3. The Morgan fingerprint density at radius 3 is 2.48 bits per heavy atom. The lowest BCUT2D eigenvalue weighted by Crippen LogP contribution is -2.43. The largest absolute Gasteiger partial charge is 0.573 e. The van der Waals surface area contributed by atoms with E-state index in [9.17, 15) is 22.8 Å². The molecule has 2 aliphatic heterocycles. The molecule has 0 saturated carbocycles. The topological polar surface area (TPSA) is 137 Å². The summed E-state index contributed by atoms with van der Waals surface area (Å²) < 4.78 is 50.6. The van der Waals surface area contributed by atoms with Crippen LogP contribution in [0.5, 0.6) is 5.75 Å². The van der Waals surface area contributed by atoms with Crippen molar-refractivity contribution in [3.63, 3.8) is 0 Å². The number of hydrogen-bond donors (Lipinski definition) is 4. The molecule has 0 aliphatic carbocycles. The number of piperazine rings is 1. The standard InChI is InChI=1S/C34H36ClF3N8O4/c1-39-18-31(47)46-19-23(49-2)13-28(46)32-42-17-27(43-32)21-5-3-20(4-6-21)24-14-25(35)26(15-29(24)50-34(36,37)38)44-33(48)22-7-8-30(41-16-22)45-11-9-40-10-12-45/h3-8,14-17,23,28,39-40H,9-13,18-19H2,1-2H3,(H,42,43)(H,44,48). The number of likely N-dealkylation sites (tertiary alicyclic amines) is 1. The van der Waals surface area contributed by atoms with Crippen LogP contribution in [0.2, 0.25) is 5.02 Å². The number of rotatable bonds is 10. The molecule has 0 spiro atoms. The van der Waals surface area contributed by atoms with Gasteiger partial charge in [-0.3, -0.25) is 9.59 Å². The molecule has 2 amide bonds. The van der Waals surface area contributed by atoms with Gasteiger partial charge in [0.1, 0.15) is 17.4 Å². The van der Waals surface area contributed by atoms with E-state index in [2.05, 4.69) is 35.6 Å². The zero-order valence-corrected chi connectivity index (χ0v) is 28.1. The van der Waals surface area contributed by atoms with Crippen LogP contribution in [-0.4, -0.2) is 97.6 Å². The number of halogens is 4. The van der Waals surface area contributed by atoms with Crippen molar-refractivity contribution in [2.75, 3.05) is 63.6 Å². The van der Waals surface area contributed by atoms with Crippen molar-refractivity contribution in [2.45, 2.75) is 24.9 Å². The summed E-state index contributed by atoms with van der Waals surface area (Å²) in [6.45, 7) is 3.85. The molecule has 4 aromatic rings. The number of hydrogen-bond acceptors (Lipinski definition) is 9. The zero-order valence-electron chi connectivity index (χ0n) is 27.3. The van der Waals surface area contributed by atoms with Crippen molar-refractivity contribution >= 4 is 34.9 Å². The summed E-state index contributed by atoms with van der Waals surface area (Å²) in [6, 6.07) is 12.1. The van der Waals surface area contributed by atoms with Crippen molar-refractivity contribution in [1.82, 2.24) is 30.5 Å². The Kier molecular flexibility index (Phi) is 10.6. The summed E-state index contributed by atoms with van der Waals surface area (Å²) in [7, 11) is 3.31. The number of H-pyrrole nitrogens is 1. The number of benzene rings is 2. The van der Waals surface area contributed by atoms with E-state index in [4.69, 9.17) is 21.3 Å². The molecule has 2 saturated heterocycles. The molecule has 16 heteroatoms. The third-order valence-electron chi connectivity index (χ3n) is 8.64. The van der Waals surface area contributed by atoms with Gasteiger partial charge in [0.15, 0.2) is 0 Å². The number of amides is 2. The Morgan fingerprint density at radius 2 is 1.82 bits per heavy atom. The number of nitrogens with one attached hydrogen (secondary N) is 4. The quantitative estimate of drug-likeness (QED) is 0.182. The molecule has 264 valence electrons. The van der Waals surface area contributed by atoms with Crippen LogP contribution in [0.1, 0.15) is 28.6 Å². The highest BCUT2D eigenvalue weighted by Gasteiger charge is 2.38. The molecule has 2 aromatic carbocycles. The van der Waals surface area contributed by atoms with Crippen LogP contribution < -0.4 is 25.6 Å². The number of anilines is 2. The molecular formula is C34H36ClF3N8O4. The van der Waals surface area contributed by atoms with Gasteiger partial charge in [-0.1, -0.05) is 35.9 Å². The predicted molar refractivity (Wildman–Crippen MR) is 182 cm³/mol. The number of nitrogens with zero attached hydrogens (tertiary/aromatic N) is 4. The van der Waals surface area contributed by atoms with Gasteiger partial charge < -0.3 is 40.2 Å². The number of carbonyl (C=O) groups is 2. The van der Waals surface area contributed by atoms with Crippen LogP contribution in [-0.2, 0) is 9.53 Å². The fourth-order valence-electron chi connectivity index (χ4n) is 6.11. The van der Waals surface area contributed by atoms with Gasteiger partial charge in [-0.2, -0.15) is 0 Å². The van der Waals surface area contributed by atoms with E-state index in [0.29, 0.717) is 35.6 Å². The third kappa shape index (κ3) is 8.02. The van der Waals surface area contributed by atoms with Gasteiger partial charge in [-0.15, -0.1) is 13.2 Å². The van der Waals surface area contributed by atoms with Crippen molar-refractivity contribution in [2.24, 2.45) is 0 Å². The first-order chi connectivity index (χ1) is 24.0. The number of methoxy groups -OCH3 is 1. The molecule has 2 aliphatic rings. The summed E-state index contributed by atoms with van der Waals surface area (Å²) in [5, 5.41) is 8.74. The highest BCUT2D eigenvalue weighted by Crippen LogP contribution is 2.41. The Hall–Kier alpha value is -4.70. The summed E-state index contributed by atoms with van der Waals surface area (Å²) in [5.74, 6) is 0.119. The fraction of sp³-hybridized carbons (Fsp3) is 0.353. The van der Waals surface area contributed by atoms with Crippen LogP contribution >= 0.6 is 11.6 Å². The van der Waals surface area contributed by atoms with Crippen molar-refractivity contribution in [3.8, 4) is 28.1 Å². The molecule has 2 atom stereocenters. The smallest absolute Gasteiger partial charge is 0.405 e. The minimum absolute atomic E-state index is 0.0117. The molecule has 50 heavy (non-hydrogen) atoms. The van der Waals surface area contributed by atoms with Gasteiger partial charge >= 0.3 is 6.36 Å². The van der Waals surface area contributed by atoms with Gasteiger partial charge in [0, 0.05) is 75.8 Å². The van der Waals surface area contributed by atoms with Crippen molar-refractivity contribution in [1.29, 1.82) is 0 Å². The first kappa shape index (κ1) is 35.1. The van der Waals surface area contributed by atoms with Crippen LogP contribution in [0.25, 0.3) is 22.4 Å². The minimum Gasteiger partial charge on any atom is -0.405 e. The zero-order chi connectivity index (χ0) is 35.4. The maximum absolute atomic E-state index is 13.6. The first-order valence-corrected chi connectivity index (χ1v) is 16.4. The number of pyridine rings is 1. The number of aromatic amines is 1. The maximum Gasteiger partial charge on any atom is 0.573 e. The molecule has 4 heterocycles. The van der Waals surface area contributed by atoms with E-state index >= 15 is 0 Å². The van der Waals surface area contributed by atoms with E-state index < -0.39 is 18.0 Å². The number of carbonyl (C=O) groups excluding carboxylic acids is 2. The molecule has 12 nitrogen and oxygen atoms in total. The number of alkyl halides is 3. The minimum atomic E-state index is -5.01. The second-order valence-corrected chi connectivity index (χ2v) is 12.3. The second-order valence-electron chi connectivity index (χ2n) is 11.9. The molecular weight excluding hydrogens is 677 g/mol. The normalized spacial score (nSPS) is 18.0. The predicted octanol–water partition coefficient (Wildman–Crippen LogP) is 4.86. The van der Waals surface area contributed by atoms with Crippen LogP contribution in [0.15, 0.2) is 60.9 Å². The van der Waals surface area contributed by atoms with Gasteiger partial charge in [0.25, 0.3) is 5.91 Å². The molecule has 2 fully saturated rings. The van der Waals surface area contributed by atoms with Crippen molar-refractivity contribution in [3.05, 3.63) is 77.3 Å². The van der Waals surface area contributed by atoms with Gasteiger partial charge in [0.2, 0.25) is 5.91 Å². The van der Waals surface area contributed by atoms with Gasteiger partial charge in [0.05, 0.1) is 40.7 Å². The SMILES string of the molecule is CNCC(=O)N1CC(OC)CC1c1nc(-c2ccc(-c3cc(Cl)c(NC(=O)c4ccc(N5CCNCC5)nc4)cc3OC(F)(F)F)cc2)c[nH]1. The van der Waals surface area contributed by atoms with E-state index in [1.807, 2.05) is 0 Å². The number of imidazole rings is 1. The van der Waals surface area contributed by atoms with E-state index in [1.165, 1.54) is 12.3 Å². The lowest BCUT2D eigenvalue weighted by atomic mass is 10.0. The summed E-state index contributed by atoms with van der Waals surface area (Å²) in [5.41, 5.74) is 1.89. The lowest BCUT2D eigenvalue weighted by Gasteiger charge is -2.28. The molecule has 2 unspecified atom stereocenters. The molecule has 0 radical (unpaired) electrons. The molecule has 2 aromatic heterocycles. The average molecular weight is 713 g/mol. The lowest BCUT2D eigenvalue weighted by molar-refractivity contribution is -0.274.